The number of rotatable bonds is 7. The van der Waals surface area contributed by atoms with Crippen molar-refractivity contribution in [2.45, 2.75) is 6.25 Å². The normalized spacial score (nSPS) is 12.2. The number of halogens is 26. The summed E-state index contributed by atoms with van der Waals surface area (Å²) in [4.78, 5) is 12.0. The van der Waals surface area contributed by atoms with Crippen LogP contribution in [0.15, 0.2) is 30.3 Å². The molecule has 0 aromatic heterocycles. The SMILES string of the molecule is Fc1c(F)c(F)c([B-](c2c(F)c(F)c(F)c(F)c2F)(c2c(F)c(F)c(F)c(F)c2F)c2c(F)c(F)c(F)c(F)c2F)c(F)c1F.O=C(C[S+](C(Cl)(Cl)Cl)C(Cl)(Cl)Cl)c1ccccc1. The maximum absolute atomic E-state index is 15.4. The molecule has 0 fully saturated rings. The van der Waals surface area contributed by atoms with Gasteiger partial charge in [-0.25, -0.2) is 87.8 Å². The summed E-state index contributed by atoms with van der Waals surface area (Å²) >= 11 is 34.5. The van der Waals surface area contributed by atoms with Gasteiger partial charge in [0.05, 0.1) is 0 Å². The highest BCUT2D eigenvalue weighted by atomic mass is 35.6. The minimum absolute atomic E-state index is 0.142. The van der Waals surface area contributed by atoms with Gasteiger partial charge in [0, 0.05) is 5.56 Å². The number of carbonyl (C=O) groups excluding carboxylic acids is 1. The van der Waals surface area contributed by atoms with E-state index in [4.69, 9.17) is 69.6 Å². The summed E-state index contributed by atoms with van der Waals surface area (Å²) in [6.07, 6.45) is -7.22. The molecule has 0 saturated carbocycles. The van der Waals surface area contributed by atoms with Crippen molar-refractivity contribution in [2.75, 3.05) is 5.75 Å². The summed E-state index contributed by atoms with van der Waals surface area (Å²) in [5.74, 6) is -71.8. The van der Waals surface area contributed by atoms with Crippen molar-refractivity contribution in [3.05, 3.63) is 152 Å². The summed E-state index contributed by atoms with van der Waals surface area (Å²) in [5.41, 5.74) is -13.8. The van der Waals surface area contributed by atoms with Gasteiger partial charge in [-0.2, -0.15) is 0 Å². The topological polar surface area (TPSA) is 17.1 Å². The summed E-state index contributed by atoms with van der Waals surface area (Å²) in [5, 5.41) is 0. The van der Waals surface area contributed by atoms with Crippen LogP contribution >= 0.6 is 69.6 Å². The maximum atomic E-state index is 15.4. The van der Waals surface area contributed by atoms with E-state index < -0.39 is 161 Å². The van der Waals surface area contributed by atoms with Gasteiger partial charge in [-0.05, 0) is 69.6 Å². The van der Waals surface area contributed by atoms with Gasteiger partial charge in [0.25, 0.3) is 0 Å². The van der Waals surface area contributed by atoms with E-state index in [1.807, 2.05) is 0 Å². The van der Waals surface area contributed by atoms with E-state index in [9.17, 15) is 57.5 Å². The highest BCUT2D eigenvalue weighted by Crippen LogP contribution is 2.48. The molecule has 0 N–H and O–H groups in total. The predicted molar refractivity (Wildman–Crippen MR) is 193 cm³/mol. The van der Waals surface area contributed by atoms with Crippen LogP contribution in [-0.2, 0) is 10.9 Å². The van der Waals surface area contributed by atoms with Gasteiger partial charge in [-0.15, -0.1) is 21.9 Å². The molecule has 0 radical (unpaired) electrons. The average Bonchev–Trinajstić information content (AvgIpc) is 3.22. The molecular formula is C34H7BCl6F20OS. The zero-order valence-electron chi connectivity index (χ0n) is 28.8. The van der Waals surface area contributed by atoms with Crippen molar-refractivity contribution in [2.24, 2.45) is 0 Å². The van der Waals surface area contributed by atoms with E-state index in [1.165, 1.54) is 0 Å². The lowest BCUT2D eigenvalue weighted by Crippen LogP contribution is -2.81. The molecular weight excluding hydrogens is 1060 g/mol. The zero-order chi connectivity index (χ0) is 48.3. The second kappa shape index (κ2) is 18.8. The number of alkyl halides is 6. The van der Waals surface area contributed by atoms with Crippen LogP contribution in [0.3, 0.4) is 0 Å². The minimum atomic E-state index is -7.22. The van der Waals surface area contributed by atoms with E-state index in [2.05, 4.69) is 0 Å². The van der Waals surface area contributed by atoms with Gasteiger partial charge in [0.1, 0.15) is 63.6 Å². The number of hydrogen-bond donors (Lipinski definition) is 0. The van der Waals surface area contributed by atoms with Crippen molar-refractivity contribution in [1.29, 1.82) is 0 Å². The van der Waals surface area contributed by atoms with Gasteiger partial charge >= 0.3 is 6.25 Å². The third-order valence-electron chi connectivity index (χ3n) is 8.64. The van der Waals surface area contributed by atoms with Crippen molar-refractivity contribution in [3.63, 3.8) is 0 Å². The van der Waals surface area contributed by atoms with Gasteiger partial charge in [0.15, 0.2) is 75.6 Å². The highest BCUT2D eigenvalue weighted by molar-refractivity contribution is 8.07. The molecule has 0 heterocycles. The van der Waals surface area contributed by atoms with E-state index >= 15 is 35.1 Å². The minimum Gasteiger partial charge on any atom is -0.289 e. The number of benzene rings is 5. The van der Waals surface area contributed by atoms with Crippen molar-refractivity contribution in [3.8, 4) is 0 Å². The zero-order valence-corrected chi connectivity index (χ0v) is 34.2. The van der Waals surface area contributed by atoms with Crippen LogP contribution in [0.2, 0.25) is 0 Å². The van der Waals surface area contributed by atoms with Crippen molar-refractivity contribution in [1.82, 2.24) is 0 Å². The quantitative estimate of drug-likeness (QED) is 0.0302. The van der Waals surface area contributed by atoms with E-state index in [0.717, 1.165) is 0 Å². The second-order valence-electron chi connectivity index (χ2n) is 12.0. The molecule has 0 atom stereocenters. The van der Waals surface area contributed by atoms with Gasteiger partial charge in [-0.3, -0.25) is 4.79 Å². The average molecular weight is 1070 g/mol. The Morgan fingerprint density at radius 1 is 0.365 bits per heavy atom. The summed E-state index contributed by atoms with van der Waals surface area (Å²) in [7, 11) is -1.35. The molecule has 5 aromatic carbocycles. The Morgan fingerprint density at radius 2 is 0.556 bits per heavy atom. The lowest BCUT2D eigenvalue weighted by molar-refractivity contribution is 0.102. The van der Waals surface area contributed by atoms with Crippen LogP contribution in [0.1, 0.15) is 10.4 Å². The molecule has 0 saturated heterocycles. The molecule has 1 nitrogen and oxygen atoms in total. The highest BCUT2D eigenvalue weighted by Gasteiger charge is 2.58. The lowest BCUT2D eigenvalue weighted by atomic mass is 9.12. The number of hydrogen-bond acceptors (Lipinski definition) is 1. The first kappa shape index (κ1) is 52.2. The second-order valence-corrected chi connectivity index (χ2v) is 20.2. The van der Waals surface area contributed by atoms with E-state index in [-0.39, 0.29) is 11.5 Å². The van der Waals surface area contributed by atoms with E-state index in [1.54, 1.807) is 30.3 Å². The Morgan fingerprint density at radius 3 is 0.746 bits per heavy atom. The summed E-state index contributed by atoms with van der Waals surface area (Å²) < 4.78 is 290. The molecule has 0 amide bonds. The Labute approximate surface area is 369 Å². The van der Waals surface area contributed by atoms with Crippen LogP contribution in [0, 0.1) is 116 Å². The van der Waals surface area contributed by atoms with Gasteiger partial charge in [0.2, 0.25) is 5.78 Å². The molecule has 5 aromatic rings. The standard InChI is InChI=1S/C24BF20.C10H7Cl6OS/c26-5-1(6(27)14(35)21(42)13(5)34)25(2-7(28)15(36)22(43)16(37)8(2)29,3-9(30)17(38)23(44)18(39)10(3)31)4-11(32)19(40)24(45)20(41)12(4)33;11-9(12,13)18(10(14,15)16)6-8(17)7-4-2-1-3-5-7/h;1-5H,6H2/q-1;+1. The first-order chi connectivity index (χ1) is 28.8. The fourth-order valence-corrected chi connectivity index (χ4v) is 11.2. The molecule has 0 spiro atoms. The largest absolute Gasteiger partial charge is 0.357 e. The van der Waals surface area contributed by atoms with Gasteiger partial charge < -0.3 is 0 Å². The maximum Gasteiger partial charge on any atom is 0.357 e. The third kappa shape index (κ3) is 8.95. The monoisotopic (exact) mass is 1060 g/mol. The smallest absolute Gasteiger partial charge is 0.289 e. The van der Waals surface area contributed by atoms with Crippen LogP contribution in [0.4, 0.5) is 87.8 Å². The Kier molecular flexibility index (Phi) is 15.6. The lowest BCUT2D eigenvalue weighted by Gasteiger charge is -2.44. The predicted octanol–water partition coefficient (Wildman–Crippen LogP) is 11.0. The first-order valence-electron chi connectivity index (χ1n) is 15.5. The fourth-order valence-electron chi connectivity index (χ4n) is 6.01. The molecule has 5 rings (SSSR count). The Hall–Kier alpha value is -3.48. The third-order valence-corrected chi connectivity index (χ3v) is 13.7. The summed E-state index contributed by atoms with van der Waals surface area (Å²) in [6, 6.07) is 8.56. The molecule has 63 heavy (non-hydrogen) atoms. The fraction of sp³-hybridized carbons (Fsp3) is 0.0882. The Bertz CT molecular complexity index is 2270. The Balaban J connectivity index is 0.000000405. The summed E-state index contributed by atoms with van der Waals surface area (Å²) in [6.45, 7) is 0. The molecule has 0 aliphatic heterocycles. The molecule has 0 aliphatic carbocycles. The molecule has 0 bridgehead atoms. The van der Waals surface area contributed by atoms with Crippen LogP contribution in [-0.4, -0.2) is 23.9 Å². The van der Waals surface area contributed by atoms with Crippen LogP contribution < -0.4 is 21.9 Å². The van der Waals surface area contributed by atoms with Crippen LogP contribution in [0.5, 0.6) is 0 Å². The van der Waals surface area contributed by atoms with Crippen molar-refractivity contribution < 1.29 is 92.6 Å². The number of ketones is 1. The van der Waals surface area contributed by atoms with E-state index in [0.29, 0.717) is 5.56 Å². The number of carbonyl (C=O) groups is 1. The molecule has 0 unspecified atom stereocenters. The van der Waals surface area contributed by atoms with Gasteiger partial charge in [-0.1, -0.05) is 30.3 Å². The molecule has 0 aliphatic rings. The number of Topliss-reactive ketones (excluding diaryl/α,β-unsaturated/α-hetero) is 1. The van der Waals surface area contributed by atoms with Crippen molar-refractivity contribution >= 4 is 114 Å². The first-order valence-corrected chi connectivity index (χ1v) is 19.1. The molecule has 29 heteroatoms. The molecule has 340 valence electrons. The van der Waals surface area contributed by atoms with Crippen LogP contribution in [0.25, 0.3) is 0 Å².